The lowest BCUT2D eigenvalue weighted by atomic mass is 10.4. The van der Waals surface area contributed by atoms with Crippen molar-refractivity contribution in [1.29, 1.82) is 0 Å². The first-order chi connectivity index (χ1) is 5.63. The fourth-order valence-electron chi connectivity index (χ4n) is 1.29. The highest BCUT2D eigenvalue weighted by molar-refractivity contribution is 5.02. The van der Waals surface area contributed by atoms with Gasteiger partial charge in [0.2, 0.25) is 0 Å². The van der Waals surface area contributed by atoms with Crippen LogP contribution in [-0.4, -0.2) is 28.5 Å². The second-order valence-corrected chi connectivity index (χ2v) is 3.30. The molecule has 0 amide bonds. The fraction of sp³-hybridized carbons (Fsp3) is 0.667. The molecule has 0 spiro atoms. The Labute approximate surface area is 74.0 Å². The second kappa shape index (κ2) is 3.72. The van der Waals surface area contributed by atoms with Crippen molar-refractivity contribution in [3.05, 3.63) is 17.7 Å². The van der Waals surface area contributed by atoms with E-state index in [0.29, 0.717) is 0 Å². The zero-order chi connectivity index (χ0) is 9.14. The van der Waals surface area contributed by atoms with Gasteiger partial charge >= 0.3 is 0 Å². The maximum atomic E-state index is 4.44. The minimum absolute atomic E-state index is 0.924. The molecule has 0 unspecified atom stereocenters. The molecule has 0 N–H and O–H groups in total. The average Bonchev–Trinajstić information content (AvgIpc) is 2.29. The number of rotatable bonds is 3. The maximum Gasteiger partial charge on any atom is 0.105 e. The maximum absolute atomic E-state index is 4.44. The van der Waals surface area contributed by atoms with Crippen LogP contribution in [0, 0.1) is 6.92 Å². The second-order valence-electron chi connectivity index (χ2n) is 3.30. The number of hydrogen-bond donors (Lipinski definition) is 0. The lowest BCUT2D eigenvalue weighted by Crippen LogP contribution is -2.10. The van der Waals surface area contributed by atoms with Gasteiger partial charge in [-0.25, -0.2) is 4.98 Å². The summed E-state index contributed by atoms with van der Waals surface area (Å²) in [7, 11) is 4.11. The lowest BCUT2D eigenvalue weighted by Gasteiger charge is -2.05. The van der Waals surface area contributed by atoms with Crippen molar-refractivity contribution in [3.8, 4) is 0 Å². The molecular formula is C9H17N3. The van der Waals surface area contributed by atoms with Crippen molar-refractivity contribution in [2.24, 2.45) is 0 Å². The Morgan fingerprint density at radius 2 is 2.17 bits per heavy atom. The van der Waals surface area contributed by atoms with Crippen LogP contribution in [0.5, 0.6) is 0 Å². The first-order valence-electron chi connectivity index (χ1n) is 4.31. The molecule has 0 fully saturated rings. The Morgan fingerprint density at radius 3 is 2.58 bits per heavy atom. The van der Waals surface area contributed by atoms with E-state index < -0.39 is 0 Å². The van der Waals surface area contributed by atoms with Crippen molar-refractivity contribution in [3.63, 3.8) is 0 Å². The number of aromatic nitrogens is 2. The van der Waals surface area contributed by atoms with Crippen LogP contribution in [0.4, 0.5) is 0 Å². The van der Waals surface area contributed by atoms with E-state index in [0.717, 1.165) is 24.6 Å². The number of aryl methyl sites for hydroxylation is 2. The van der Waals surface area contributed by atoms with Gasteiger partial charge in [0.05, 0.1) is 5.69 Å². The number of nitrogens with zero attached hydrogens (tertiary/aromatic N) is 3. The summed E-state index contributed by atoms with van der Waals surface area (Å²) in [6.07, 6.45) is 2.12. The average molecular weight is 167 g/mol. The van der Waals surface area contributed by atoms with Gasteiger partial charge in [-0.1, -0.05) is 0 Å². The van der Waals surface area contributed by atoms with E-state index in [1.807, 2.05) is 6.92 Å². The Bertz CT molecular complexity index is 250. The Kier molecular flexibility index (Phi) is 2.87. The van der Waals surface area contributed by atoms with Crippen LogP contribution in [0.15, 0.2) is 6.20 Å². The summed E-state index contributed by atoms with van der Waals surface area (Å²) in [5.41, 5.74) is 1.15. The summed E-state index contributed by atoms with van der Waals surface area (Å²) in [6.45, 7) is 6.11. The summed E-state index contributed by atoms with van der Waals surface area (Å²) in [5.74, 6) is 1.11. The summed E-state index contributed by atoms with van der Waals surface area (Å²) >= 11 is 0. The Balaban J connectivity index is 2.75. The van der Waals surface area contributed by atoms with Gasteiger partial charge in [0.25, 0.3) is 0 Å². The summed E-state index contributed by atoms with van der Waals surface area (Å²) in [5, 5.41) is 0. The van der Waals surface area contributed by atoms with E-state index in [1.165, 1.54) is 0 Å². The number of hydrogen-bond acceptors (Lipinski definition) is 2. The molecule has 0 saturated carbocycles. The van der Waals surface area contributed by atoms with E-state index in [9.17, 15) is 0 Å². The third-order valence-electron chi connectivity index (χ3n) is 1.84. The van der Waals surface area contributed by atoms with Crippen LogP contribution < -0.4 is 0 Å². The predicted molar refractivity (Wildman–Crippen MR) is 50.0 cm³/mol. The molecule has 1 rings (SSSR count). The van der Waals surface area contributed by atoms with Crippen LogP contribution >= 0.6 is 0 Å². The molecule has 0 aliphatic heterocycles. The molecule has 0 radical (unpaired) electrons. The molecule has 0 aromatic carbocycles. The highest BCUT2D eigenvalue weighted by atomic mass is 15.1. The van der Waals surface area contributed by atoms with Crippen molar-refractivity contribution in [2.45, 2.75) is 26.9 Å². The highest BCUT2D eigenvalue weighted by Gasteiger charge is 2.02. The normalized spacial score (nSPS) is 11.1. The van der Waals surface area contributed by atoms with Gasteiger partial charge in [-0.15, -0.1) is 0 Å². The van der Waals surface area contributed by atoms with E-state index in [-0.39, 0.29) is 0 Å². The summed E-state index contributed by atoms with van der Waals surface area (Å²) in [6, 6.07) is 0. The lowest BCUT2D eigenvalue weighted by molar-refractivity contribution is 0.397. The first-order valence-corrected chi connectivity index (χ1v) is 4.31. The molecule has 0 aliphatic carbocycles. The van der Waals surface area contributed by atoms with Crippen LogP contribution in [0.1, 0.15) is 18.4 Å². The molecule has 0 aliphatic rings. The van der Waals surface area contributed by atoms with E-state index >= 15 is 0 Å². The molecule has 1 aromatic heterocycles. The van der Waals surface area contributed by atoms with Crippen LogP contribution in [0.25, 0.3) is 0 Å². The molecule has 3 heteroatoms. The topological polar surface area (TPSA) is 21.1 Å². The van der Waals surface area contributed by atoms with Crippen molar-refractivity contribution >= 4 is 0 Å². The molecule has 0 atom stereocenters. The molecule has 1 aromatic rings. The largest absolute Gasteiger partial charge is 0.335 e. The van der Waals surface area contributed by atoms with Gasteiger partial charge in [0.1, 0.15) is 5.82 Å². The summed E-state index contributed by atoms with van der Waals surface area (Å²) in [4.78, 5) is 6.57. The minimum Gasteiger partial charge on any atom is -0.335 e. The van der Waals surface area contributed by atoms with Crippen LogP contribution in [0.2, 0.25) is 0 Å². The van der Waals surface area contributed by atoms with Gasteiger partial charge in [0, 0.05) is 19.3 Å². The highest BCUT2D eigenvalue weighted by Crippen LogP contribution is 2.03. The number of imidazole rings is 1. The van der Waals surface area contributed by atoms with Crippen molar-refractivity contribution < 1.29 is 0 Å². The zero-order valence-electron chi connectivity index (χ0n) is 8.33. The van der Waals surface area contributed by atoms with Gasteiger partial charge in [-0.2, -0.15) is 0 Å². The smallest absolute Gasteiger partial charge is 0.105 e. The summed E-state index contributed by atoms with van der Waals surface area (Å²) < 4.78 is 2.17. The van der Waals surface area contributed by atoms with Gasteiger partial charge in [-0.3, -0.25) is 0 Å². The standard InChI is InChI=1S/C9H17N3/c1-5-12-7-9(6-11(3)4)10-8(12)2/h7H,5-6H2,1-4H3. The quantitative estimate of drug-likeness (QED) is 0.676. The third kappa shape index (κ3) is 2.08. The molecule has 0 bridgehead atoms. The van der Waals surface area contributed by atoms with Crippen molar-refractivity contribution in [1.82, 2.24) is 14.5 Å². The fourth-order valence-corrected chi connectivity index (χ4v) is 1.29. The molecular weight excluding hydrogens is 150 g/mol. The molecule has 12 heavy (non-hydrogen) atoms. The Morgan fingerprint density at radius 1 is 1.50 bits per heavy atom. The molecule has 0 saturated heterocycles. The minimum atomic E-state index is 0.924. The van der Waals surface area contributed by atoms with Gasteiger partial charge < -0.3 is 9.47 Å². The predicted octanol–water partition coefficient (Wildman–Crippen LogP) is 1.27. The van der Waals surface area contributed by atoms with E-state index in [2.05, 4.69) is 41.7 Å². The monoisotopic (exact) mass is 167 g/mol. The van der Waals surface area contributed by atoms with Gasteiger partial charge in [0.15, 0.2) is 0 Å². The third-order valence-corrected chi connectivity index (χ3v) is 1.84. The zero-order valence-corrected chi connectivity index (χ0v) is 8.33. The first kappa shape index (κ1) is 9.26. The molecule has 3 nitrogen and oxygen atoms in total. The molecule has 1 heterocycles. The van der Waals surface area contributed by atoms with Gasteiger partial charge in [-0.05, 0) is 27.9 Å². The van der Waals surface area contributed by atoms with Crippen LogP contribution in [0.3, 0.4) is 0 Å². The van der Waals surface area contributed by atoms with Crippen molar-refractivity contribution in [2.75, 3.05) is 14.1 Å². The SMILES string of the molecule is CCn1cc(CN(C)C)nc1C. The van der Waals surface area contributed by atoms with E-state index in [1.54, 1.807) is 0 Å². The molecule has 68 valence electrons. The van der Waals surface area contributed by atoms with E-state index in [4.69, 9.17) is 0 Å². The van der Waals surface area contributed by atoms with Crippen LogP contribution in [-0.2, 0) is 13.1 Å². The Hall–Kier alpha value is -0.830.